The molecule has 6 aromatic carbocycles. The number of hydrogen-bond donors (Lipinski definition) is 0. The molecule has 0 aliphatic carbocycles. The van der Waals surface area contributed by atoms with E-state index in [0.29, 0.717) is 88.7 Å². The van der Waals surface area contributed by atoms with Crippen LogP contribution >= 0.6 is 0 Å². The Hall–Kier alpha value is -9.37. The predicted molar refractivity (Wildman–Crippen MR) is 339 cm³/mol. The first kappa shape index (κ1) is 76.0. The molecule has 12 aromatic rings. The summed E-state index contributed by atoms with van der Waals surface area (Å²) in [7, 11) is -24.4. The summed E-state index contributed by atoms with van der Waals surface area (Å²) in [5, 5.41) is 4.02. The topological polar surface area (TPSA) is 507 Å². The normalized spacial score (nSPS) is 18.0. The zero-order valence-electron chi connectivity index (χ0n) is 56.1. The van der Waals surface area contributed by atoms with E-state index >= 15 is 0 Å². The molecule has 18 heterocycles. The fraction of sp³-hybridized carbons (Fsp3) is 0.0333. The van der Waals surface area contributed by atoms with Gasteiger partial charge in [-0.2, -0.15) is 86.5 Å². The molecule has 6 aromatic heterocycles. The monoisotopic (exact) mass is 1540 g/mol. The third-order valence-corrected chi connectivity index (χ3v) is 21.7. The van der Waals surface area contributed by atoms with Crippen molar-refractivity contribution in [3.8, 4) is 0 Å². The van der Waals surface area contributed by atoms with Crippen LogP contribution < -0.4 is 135 Å². The second kappa shape index (κ2) is 24.8. The molecule has 0 radical (unpaired) electrons. The number of hydrogen-bond acceptors (Lipinski definition) is 30. The van der Waals surface area contributed by atoms with Gasteiger partial charge in [-0.25, -0.2) is 54.3 Å². The number of amidine groups is 8. The first-order valence-corrected chi connectivity index (χ1v) is 36.7. The molecule has 12 aliphatic heterocycles. The molecular formula is C60H18Li6N20O18S6+4. The van der Waals surface area contributed by atoms with Crippen molar-refractivity contribution in [2.45, 2.75) is 26.5 Å². The minimum Gasteiger partial charge on any atom is -0.744 e. The Labute approximate surface area is 686 Å². The molecule has 0 bridgehead atoms. The molecule has 12 aliphatic rings. The van der Waals surface area contributed by atoms with E-state index in [9.17, 15) is 38.9 Å². The first-order chi connectivity index (χ1) is 49.7. The van der Waals surface area contributed by atoms with E-state index < -0.39 is 88.7 Å². The first-order valence-electron chi connectivity index (χ1n) is 29.5. The van der Waals surface area contributed by atoms with Crippen LogP contribution in [0.5, 0.6) is 0 Å². The maximum Gasteiger partial charge on any atom is 1.00 e. The van der Waals surface area contributed by atoms with Gasteiger partial charge in [-0.1, -0.05) is 61.5 Å². The minimum atomic E-state index is -5.04. The zero-order valence-corrected chi connectivity index (χ0v) is 61.0. The van der Waals surface area contributed by atoms with Crippen molar-refractivity contribution in [1.29, 1.82) is 0 Å². The minimum absolute atomic E-state index is 0. The summed E-state index contributed by atoms with van der Waals surface area (Å²) in [4.78, 5) is 63.0. The largest absolute Gasteiger partial charge is 1.00 e. The van der Waals surface area contributed by atoms with Crippen molar-refractivity contribution in [2.24, 2.45) is 39.9 Å². The molecule has 24 rings (SSSR count). The Morgan fingerprint density at radius 3 is 1.10 bits per heavy atom. The molecular weight excluding hydrogens is 1520 g/mol. The summed E-state index contributed by atoms with van der Waals surface area (Å²) >= 11 is 0. The third kappa shape index (κ3) is 9.38. The van der Waals surface area contributed by atoms with Crippen LogP contribution in [0.4, 0.5) is 23.3 Å². The molecule has 2 atom stereocenters. The van der Waals surface area contributed by atoms with Crippen LogP contribution in [-0.4, -0.2) is 180 Å². The fourth-order valence-electron chi connectivity index (χ4n) is 15.8. The van der Waals surface area contributed by atoms with Gasteiger partial charge in [0, 0.05) is 21.5 Å². The Morgan fingerprint density at radius 2 is 0.664 bits per heavy atom. The van der Waals surface area contributed by atoms with Gasteiger partial charge in [0.25, 0.3) is 40.8 Å². The number of aromatic nitrogens is 8. The zero-order chi connectivity index (χ0) is 71.5. The molecule has 0 saturated heterocycles. The maximum atomic E-state index is 12.9. The maximum absolute atomic E-state index is 12.9. The molecule has 0 amide bonds. The predicted octanol–water partition coefficient (Wildman–Crippen LogP) is -20.4. The van der Waals surface area contributed by atoms with Gasteiger partial charge in [0.05, 0.1) is 25.8 Å². The van der Waals surface area contributed by atoms with E-state index in [1.165, 1.54) is 48.5 Å². The quantitative estimate of drug-likeness (QED) is 0.0686. The molecule has 50 heteroatoms. The van der Waals surface area contributed by atoms with Gasteiger partial charge < -0.3 is 13.7 Å². The van der Waals surface area contributed by atoms with Crippen molar-refractivity contribution in [3.63, 3.8) is 0 Å². The van der Waals surface area contributed by atoms with E-state index in [1.54, 1.807) is 44.0 Å². The van der Waals surface area contributed by atoms with E-state index in [1.807, 2.05) is 53.2 Å². The second-order valence-electron chi connectivity index (χ2n) is 24.0. The van der Waals surface area contributed by atoms with Crippen LogP contribution in [0, 0.1) is 18.2 Å². The number of benzene rings is 6. The second-order valence-corrected chi connectivity index (χ2v) is 29.3. The molecule has 504 valence electrons. The molecule has 0 fully saturated rings. The fourth-order valence-corrected chi connectivity index (χ4v) is 17.3. The van der Waals surface area contributed by atoms with Gasteiger partial charge in [-0.3, -0.25) is 0 Å². The van der Waals surface area contributed by atoms with Gasteiger partial charge in [0.1, 0.15) is 30.4 Å². The summed E-state index contributed by atoms with van der Waals surface area (Å²) < 4.78 is 207. The van der Waals surface area contributed by atoms with Gasteiger partial charge in [0.15, 0.2) is 45.0 Å². The number of fused-ring (bicyclic) bond motifs is 25. The smallest absolute Gasteiger partial charge is 0.744 e. The van der Waals surface area contributed by atoms with Crippen molar-refractivity contribution in [2.75, 3.05) is 0 Å². The van der Waals surface area contributed by atoms with E-state index in [0.717, 1.165) is 10.9 Å². The van der Waals surface area contributed by atoms with Crippen molar-refractivity contribution in [3.05, 3.63) is 194 Å². The number of nitrogens with zero attached hydrogens (tertiary/aromatic N) is 20. The van der Waals surface area contributed by atoms with E-state index in [-0.39, 0.29) is 205 Å². The van der Waals surface area contributed by atoms with Gasteiger partial charge in [-0.15, -0.1) is 51.6 Å². The summed E-state index contributed by atoms with van der Waals surface area (Å²) in [5.41, 5.74) is 4.61. The Morgan fingerprint density at radius 1 is 0.327 bits per heavy atom. The van der Waals surface area contributed by atoms with E-state index in [4.69, 9.17) is 97.8 Å². The average molecular weight is 1540 g/mol. The van der Waals surface area contributed by atoms with Crippen molar-refractivity contribution < 1.29 is 208 Å². The standard InChI is InChI=1S/C60H20N20O9S3.6Li.3O3S/c81-90(82,83)22-13-16-31-34(19-22)52-67-46-28-10-4-6-12-30(28)48-70-55-37-38(57-71-51-33-18-15-23(91(84,85)86)20-35(33)53-68-50(31)76(52)60(75(46)48,78(51)53)79(55)57)62-42-41(61-37)63-39-40(64-42)58-72-54-36-21-24(92(87,88)89)14-17-32(36)49-66-45-26-8-2-1-7-25(26)43-65-44-27-9-3-5-11-29(27)47-69-56(39)80(58)59(73(43)45,74(44)47)77(49)54;;;;;;;3*1-4(2)3/h1,4-5,7-21H,(H2-,81,82,83,84,85,86,87,88,89);;;;;;;;;/q;6*+1;;;/p-2/t59-,60-;;;;;;;;;/m0........./s1. The van der Waals surface area contributed by atoms with Gasteiger partial charge in [-0.05, 0) is 65.7 Å². The Balaban J connectivity index is 0.000000502. The summed E-state index contributed by atoms with van der Waals surface area (Å²) in [6.45, 7) is 0. The number of rotatable bonds is 3. The SMILES string of the molecule is O=S(=O)([O-])c1ccc2c(c1)C1=[N+]3C2=Nc2c4cc(S(=O)(=O)[O-])ccc4c4n2[C@]32n3c(c5cc[c-]cc5c3=NC3=[N+]2C(=N4)c2nc4nc5c(nc4nc23)C2=[N+]3C5=Nc4c5cc(S(=O)(=O)[O-])ccc5c5n4[C@]34n3c(c6c[c-]ccc6c3=N2)=NC2=[N+]4C(=N5)c3c[c-]ccc32)=N1.O=S(=O)=O.O=S(=O)=O.O=S(=O)=O.[Li+].[Li+].[Li+].[Li+].[Li+].[Li+]. The number of aliphatic imine (C=N–C) groups is 4. The molecule has 110 heavy (non-hydrogen) atoms. The molecule has 0 saturated carbocycles. The van der Waals surface area contributed by atoms with Crippen molar-refractivity contribution in [1.82, 2.24) is 38.2 Å². The van der Waals surface area contributed by atoms with E-state index in [2.05, 4.69) is 18.2 Å². The van der Waals surface area contributed by atoms with Crippen molar-refractivity contribution >= 4 is 187 Å². The van der Waals surface area contributed by atoms with Gasteiger partial charge >= 0.3 is 157 Å². The Bertz CT molecular complexity index is 7950. The molecule has 2 spiro atoms. The molecule has 0 unspecified atom stereocenters. The van der Waals surface area contributed by atoms with Crippen LogP contribution in [0.2, 0.25) is 0 Å². The van der Waals surface area contributed by atoms with Crippen LogP contribution in [0.15, 0.2) is 164 Å². The van der Waals surface area contributed by atoms with Gasteiger partial charge in [0.2, 0.25) is 40.1 Å². The van der Waals surface area contributed by atoms with Crippen LogP contribution in [-0.2, 0) is 74.0 Å². The molecule has 0 N–H and O–H groups in total. The average Bonchev–Trinajstić information content (AvgIpc) is 1.46. The van der Waals surface area contributed by atoms with Crippen LogP contribution in [0.25, 0.3) is 54.4 Å². The summed E-state index contributed by atoms with van der Waals surface area (Å²) in [6, 6.07) is 38.0. The Kier molecular flexibility index (Phi) is 17.2. The summed E-state index contributed by atoms with van der Waals surface area (Å²) in [6.07, 6.45) is 0. The summed E-state index contributed by atoms with van der Waals surface area (Å²) in [5.74, 6) is -0.153. The van der Waals surface area contributed by atoms with Crippen LogP contribution in [0.1, 0.15) is 45.0 Å². The van der Waals surface area contributed by atoms with Crippen LogP contribution in [0.3, 0.4) is 0 Å². The molecule has 38 nitrogen and oxygen atoms in total. The third-order valence-electron chi connectivity index (χ3n) is 19.2.